The van der Waals surface area contributed by atoms with Crippen molar-refractivity contribution in [2.75, 3.05) is 24.6 Å². The number of aliphatic hydroxyl groups is 1. The second-order valence-electron chi connectivity index (χ2n) is 10.6. The molecular weight excluding hydrogens is 561 g/mol. The average Bonchev–Trinajstić information content (AvgIpc) is 3.52. The van der Waals surface area contributed by atoms with Gasteiger partial charge in [-0.25, -0.2) is 4.39 Å². The molecule has 1 saturated heterocycles. The van der Waals surface area contributed by atoms with Crippen molar-refractivity contribution in [1.82, 2.24) is 4.98 Å². The van der Waals surface area contributed by atoms with E-state index in [2.05, 4.69) is 4.98 Å². The number of oxazole rings is 1. The zero-order valence-corrected chi connectivity index (χ0v) is 21.7. The fourth-order valence-electron chi connectivity index (χ4n) is 6.20. The van der Waals surface area contributed by atoms with Gasteiger partial charge in [0.05, 0.1) is 23.8 Å². The van der Waals surface area contributed by atoms with Crippen LogP contribution < -0.4 is 4.90 Å². The van der Waals surface area contributed by atoms with Crippen molar-refractivity contribution in [3.05, 3.63) is 76.3 Å². The number of alkyl halides is 6. The molecule has 41 heavy (non-hydrogen) atoms. The molecule has 2 aromatic carbocycles. The van der Waals surface area contributed by atoms with Crippen molar-refractivity contribution < 1.29 is 50.1 Å². The van der Waals surface area contributed by atoms with Crippen LogP contribution in [0.3, 0.4) is 0 Å². The number of anilines is 1. The summed E-state index contributed by atoms with van der Waals surface area (Å²) in [5.41, 5.74) is -2.12. The lowest BCUT2D eigenvalue weighted by Gasteiger charge is -2.41. The number of fused-ring (bicyclic) bond motifs is 1. The van der Waals surface area contributed by atoms with Crippen LogP contribution in [0.15, 0.2) is 47.1 Å². The zero-order chi connectivity index (χ0) is 29.7. The second-order valence-corrected chi connectivity index (χ2v) is 10.6. The third kappa shape index (κ3) is 6.01. The van der Waals surface area contributed by atoms with Crippen LogP contribution in [-0.2, 0) is 17.1 Å². The maximum atomic E-state index is 14.0. The average molecular weight is 589 g/mol. The molecule has 1 aromatic heterocycles. The van der Waals surface area contributed by atoms with Gasteiger partial charge in [0.15, 0.2) is 6.26 Å². The topological polar surface area (TPSA) is 79.0 Å². The van der Waals surface area contributed by atoms with E-state index in [-0.39, 0.29) is 29.8 Å². The van der Waals surface area contributed by atoms with Gasteiger partial charge in [0.1, 0.15) is 11.9 Å². The van der Waals surface area contributed by atoms with E-state index < -0.39 is 59.6 Å². The summed E-state index contributed by atoms with van der Waals surface area (Å²) in [5, 5.41) is 19.8. The molecule has 6 nitrogen and oxygen atoms in total. The molecule has 0 radical (unpaired) electrons. The maximum Gasteiger partial charge on any atom is 0.416 e. The van der Waals surface area contributed by atoms with Gasteiger partial charge in [-0.15, -0.1) is 0 Å². The number of rotatable bonds is 6. The van der Waals surface area contributed by atoms with E-state index in [0.717, 1.165) is 11.8 Å². The van der Waals surface area contributed by atoms with Crippen LogP contribution in [0, 0.1) is 24.6 Å². The summed E-state index contributed by atoms with van der Waals surface area (Å²) in [6.07, 6.45) is -10.2. The number of halogens is 7. The molecule has 1 aliphatic heterocycles. The van der Waals surface area contributed by atoms with E-state index in [1.807, 2.05) is 4.90 Å². The number of benzene rings is 2. The largest absolute Gasteiger partial charge is 0.491 e. The van der Waals surface area contributed by atoms with Crippen LogP contribution >= 0.6 is 0 Å². The number of hydrogen-bond donors (Lipinski definition) is 2. The zero-order valence-electron chi connectivity index (χ0n) is 21.7. The molecule has 0 amide bonds. The number of aryl methyl sites for hydroxylation is 1. The van der Waals surface area contributed by atoms with Crippen molar-refractivity contribution in [3.8, 4) is 5.88 Å². The molecule has 2 N–H and O–H groups in total. The van der Waals surface area contributed by atoms with Gasteiger partial charge in [0.2, 0.25) is 0 Å². The lowest BCUT2D eigenvalue weighted by molar-refractivity contribution is -0.143. The smallest absolute Gasteiger partial charge is 0.416 e. The van der Waals surface area contributed by atoms with E-state index in [1.54, 1.807) is 13.0 Å². The Kier molecular flexibility index (Phi) is 7.70. The molecule has 3 aromatic rings. The van der Waals surface area contributed by atoms with Gasteiger partial charge in [-0.05, 0) is 78.6 Å². The first-order valence-electron chi connectivity index (χ1n) is 13.0. The lowest BCUT2D eigenvalue weighted by atomic mass is 9.68. The normalized spacial score (nSPS) is 24.0. The minimum absolute atomic E-state index is 0.0292. The summed E-state index contributed by atoms with van der Waals surface area (Å²) >= 11 is 0. The molecule has 0 spiro atoms. The monoisotopic (exact) mass is 588 g/mol. The highest BCUT2D eigenvalue weighted by Crippen LogP contribution is 2.49. The lowest BCUT2D eigenvalue weighted by Crippen LogP contribution is -2.39. The standard InChI is InChI=1S/C28H27F7N2O4/c1-14-6-19(29)3-4-20(14)25-21-11-37(26-36-24(39)13-40-26)10-15(21)2-5-22(25)41-23(12-38)16-7-17(27(30,31)32)9-18(8-16)28(33,34)35/h3-4,6-9,13,15,21-23,25,38-39H,2,5,10-12H2,1H3/t15-,21-,22+,23-,25+/m1/s1. The Morgan fingerprint density at radius 1 is 1.02 bits per heavy atom. The highest BCUT2D eigenvalue weighted by atomic mass is 19.4. The fraction of sp³-hybridized carbons (Fsp3) is 0.464. The molecule has 5 rings (SSSR count). The number of aliphatic hydroxyl groups excluding tert-OH is 1. The quantitative estimate of drug-likeness (QED) is 0.316. The van der Waals surface area contributed by atoms with E-state index >= 15 is 0 Å². The van der Waals surface area contributed by atoms with Gasteiger partial charge in [0.25, 0.3) is 5.88 Å². The number of aromatic hydroxyl groups is 1. The van der Waals surface area contributed by atoms with Crippen LogP contribution in [-0.4, -0.2) is 41.0 Å². The number of aromatic nitrogens is 1. The summed E-state index contributed by atoms with van der Waals surface area (Å²) in [7, 11) is 0. The number of hydrogen-bond acceptors (Lipinski definition) is 6. The highest BCUT2D eigenvalue weighted by Gasteiger charge is 2.48. The maximum absolute atomic E-state index is 14.0. The highest BCUT2D eigenvalue weighted by molar-refractivity contribution is 5.38. The molecule has 1 aliphatic carbocycles. The van der Waals surface area contributed by atoms with Gasteiger partial charge in [0, 0.05) is 19.0 Å². The summed E-state index contributed by atoms with van der Waals surface area (Å²) in [6.45, 7) is 1.78. The second kappa shape index (κ2) is 10.8. The Hall–Kier alpha value is -3.32. The summed E-state index contributed by atoms with van der Waals surface area (Å²) < 4.78 is 107. The Morgan fingerprint density at radius 2 is 1.71 bits per heavy atom. The van der Waals surface area contributed by atoms with Gasteiger partial charge >= 0.3 is 18.4 Å². The number of ether oxygens (including phenoxy) is 1. The number of nitrogens with zero attached hydrogens (tertiary/aromatic N) is 2. The van der Waals surface area contributed by atoms with Crippen LogP contribution in [0.25, 0.3) is 0 Å². The molecule has 13 heteroatoms. The molecule has 2 heterocycles. The Balaban J connectivity index is 1.51. The molecule has 0 unspecified atom stereocenters. The van der Waals surface area contributed by atoms with Gasteiger partial charge in [-0.1, -0.05) is 6.07 Å². The van der Waals surface area contributed by atoms with E-state index in [0.29, 0.717) is 43.6 Å². The van der Waals surface area contributed by atoms with Crippen molar-refractivity contribution in [1.29, 1.82) is 0 Å². The molecule has 0 bridgehead atoms. The first-order valence-corrected chi connectivity index (χ1v) is 13.0. The Bertz CT molecular complexity index is 1360. The Labute approximate surface area is 230 Å². The fourth-order valence-corrected chi connectivity index (χ4v) is 6.20. The minimum Gasteiger partial charge on any atom is -0.491 e. The van der Waals surface area contributed by atoms with Crippen LogP contribution in [0.5, 0.6) is 5.88 Å². The van der Waals surface area contributed by atoms with Gasteiger partial charge < -0.3 is 24.3 Å². The van der Waals surface area contributed by atoms with Gasteiger partial charge in [-0.3, -0.25) is 0 Å². The first kappa shape index (κ1) is 29.2. The predicted octanol–water partition coefficient (Wildman–Crippen LogP) is 6.61. The van der Waals surface area contributed by atoms with E-state index in [9.17, 15) is 40.9 Å². The van der Waals surface area contributed by atoms with Crippen molar-refractivity contribution in [2.24, 2.45) is 11.8 Å². The molecule has 5 atom stereocenters. The first-order chi connectivity index (χ1) is 19.2. The van der Waals surface area contributed by atoms with Crippen LogP contribution in [0.2, 0.25) is 0 Å². The third-order valence-electron chi connectivity index (χ3n) is 8.00. The Morgan fingerprint density at radius 3 is 2.27 bits per heavy atom. The molecule has 2 aliphatic rings. The summed E-state index contributed by atoms with van der Waals surface area (Å²) in [4.78, 5) is 5.81. The van der Waals surface area contributed by atoms with Gasteiger partial charge in [-0.2, -0.15) is 31.3 Å². The molecule has 222 valence electrons. The molecule has 2 fully saturated rings. The van der Waals surface area contributed by atoms with Crippen molar-refractivity contribution in [2.45, 2.75) is 50.2 Å². The summed E-state index contributed by atoms with van der Waals surface area (Å²) in [5.74, 6) is -1.25. The predicted molar refractivity (Wildman–Crippen MR) is 132 cm³/mol. The SMILES string of the molecule is Cc1cc(F)ccc1[C@H]1[C@@H]2CN(c3nc(O)co3)C[C@H]2CC[C@@H]1O[C@H](CO)c1cc(C(F)(F)F)cc(C(F)(F)F)c1. The van der Waals surface area contributed by atoms with E-state index in [1.165, 1.54) is 12.1 Å². The molecule has 1 saturated carbocycles. The van der Waals surface area contributed by atoms with Crippen molar-refractivity contribution in [3.63, 3.8) is 0 Å². The molecular formula is C28H27F7N2O4. The minimum atomic E-state index is -5.05. The third-order valence-corrected chi connectivity index (χ3v) is 8.00. The van der Waals surface area contributed by atoms with Crippen LogP contribution in [0.1, 0.15) is 52.7 Å². The van der Waals surface area contributed by atoms with Crippen molar-refractivity contribution >= 4 is 6.01 Å². The summed E-state index contributed by atoms with van der Waals surface area (Å²) in [6, 6.07) is 5.60. The van der Waals surface area contributed by atoms with Crippen LogP contribution in [0.4, 0.5) is 36.7 Å². The van der Waals surface area contributed by atoms with E-state index in [4.69, 9.17) is 9.15 Å².